The number of amides is 1. The van der Waals surface area contributed by atoms with Crippen LogP contribution < -0.4 is 0 Å². The van der Waals surface area contributed by atoms with Crippen molar-refractivity contribution in [2.75, 3.05) is 33.3 Å². The summed E-state index contributed by atoms with van der Waals surface area (Å²) in [5.74, 6) is -0.700. The van der Waals surface area contributed by atoms with Crippen LogP contribution in [0.2, 0.25) is 0 Å². The van der Waals surface area contributed by atoms with Gasteiger partial charge in [-0.25, -0.2) is 17.7 Å². The molecule has 156 valence electrons. The highest BCUT2D eigenvalue weighted by molar-refractivity contribution is 7.89. The fraction of sp³-hybridized carbons (Fsp3) is 0.250. The molecule has 10 heteroatoms. The molecule has 1 amide bonds. The second-order valence-corrected chi connectivity index (χ2v) is 8.74. The summed E-state index contributed by atoms with van der Waals surface area (Å²) in [5.41, 5.74) is 1.48. The number of esters is 1. The molecule has 4 rings (SSSR count). The number of ether oxygens (including phenoxy) is 1. The molecular weight excluding hydrogens is 408 g/mol. The van der Waals surface area contributed by atoms with Gasteiger partial charge in [0, 0.05) is 32.4 Å². The number of nitrogens with zero attached hydrogens (tertiary/aromatic N) is 4. The quantitative estimate of drug-likeness (QED) is 0.580. The molecule has 0 radical (unpaired) electrons. The van der Waals surface area contributed by atoms with E-state index in [-0.39, 0.29) is 42.5 Å². The Hall–Kier alpha value is -3.24. The van der Waals surface area contributed by atoms with Crippen LogP contribution in [0, 0.1) is 0 Å². The normalized spacial score (nSPS) is 15.3. The Kier molecular flexibility index (Phi) is 5.27. The largest absolute Gasteiger partial charge is 0.465 e. The van der Waals surface area contributed by atoms with Crippen LogP contribution in [0.1, 0.15) is 20.7 Å². The number of carbonyl (C=O) groups excluding carboxylic acids is 2. The fourth-order valence-electron chi connectivity index (χ4n) is 3.43. The van der Waals surface area contributed by atoms with Gasteiger partial charge in [0.15, 0.2) is 0 Å². The molecule has 3 aromatic rings. The first kappa shape index (κ1) is 20.0. The van der Waals surface area contributed by atoms with Gasteiger partial charge in [0.05, 0.1) is 34.8 Å². The average molecular weight is 428 g/mol. The maximum atomic E-state index is 12.9. The Bertz CT molecular complexity index is 1200. The van der Waals surface area contributed by atoms with Gasteiger partial charge in [-0.1, -0.05) is 6.07 Å². The van der Waals surface area contributed by atoms with Crippen LogP contribution in [0.5, 0.6) is 0 Å². The topological polar surface area (TPSA) is 101 Å². The van der Waals surface area contributed by atoms with Crippen molar-refractivity contribution >= 4 is 27.4 Å². The van der Waals surface area contributed by atoms with Crippen molar-refractivity contribution in [3.8, 4) is 0 Å². The molecule has 0 saturated carbocycles. The lowest BCUT2D eigenvalue weighted by atomic mass is 10.2. The molecule has 0 unspecified atom stereocenters. The van der Waals surface area contributed by atoms with Crippen LogP contribution in [0.25, 0.3) is 5.52 Å². The van der Waals surface area contributed by atoms with Gasteiger partial charge < -0.3 is 9.64 Å². The number of aromatic nitrogens is 2. The SMILES string of the molecule is COC(=O)c1ccc(S(=O)(=O)N2CCN(C(=O)c3cnn4ccccc34)CC2)cc1. The average Bonchev–Trinajstić information content (AvgIpc) is 3.22. The summed E-state index contributed by atoms with van der Waals surface area (Å²) >= 11 is 0. The minimum atomic E-state index is -3.72. The number of piperazine rings is 1. The van der Waals surface area contributed by atoms with E-state index in [1.165, 1.54) is 41.9 Å². The molecule has 0 bridgehead atoms. The third kappa shape index (κ3) is 3.55. The minimum Gasteiger partial charge on any atom is -0.465 e. The second-order valence-electron chi connectivity index (χ2n) is 6.80. The highest BCUT2D eigenvalue weighted by atomic mass is 32.2. The molecular formula is C20H20N4O5S. The summed E-state index contributed by atoms with van der Waals surface area (Å²) in [7, 11) is -2.46. The van der Waals surface area contributed by atoms with E-state index in [0.717, 1.165) is 0 Å². The van der Waals surface area contributed by atoms with Crippen molar-refractivity contribution in [1.29, 1.82) is 0 Å². The van der Waals surface area contributed by atoms with Crippen LogP contribution in [0.4, 0.5) is 0 Å². The van der Waals surface area contributed by atoms with E-state index in [1.807, 2.05) is 18.2 Å². The zero-order valence-corrected chi connectivity index (χ0v) is 17.1. The van der Waals surface area contributed by atoms with Gasteiger partial charge in [0.1, 0.15) is 0 Å². The molecule has 0 N–H and O–H groups in total. The first-order valence-corrected chi connectivity index (χ1v) is 10.8. The molecule has 3 heterocycles. The third-order valence-electron chi connectivity index (χ3n) is 5.10. The van der Waals surface area contributed by atoms with Crippen molar-refractivity contribution in [1.82, 2.24) is 18.8 Å². The molecule has 1 fully saturated rings. The number of sulfonamides is 1. The van der Waals surface area contributed by atoms with Crippen molar-refractivity contribution in [3.63, 3.8) is 0 Å². The summed E-state index contributed by atoms with van der Waals surface area (Å²) in [4.78, 5) is 26.2. The Labute approximate surface area is 173 Å². The molecule has 2 aromatic heterocycles. The Morgan fingerprint density at radius 2 is 1.70 bits per heavy atom. The van der Waals surface area contributed by atoms with Crippen LogP contribution in [-0.2, 0) is 14.8 Å². The predicted molar refractivity (Wildman–Crippen MR) is 108 cm³/mol. The number of methoxy groups -OCH3 is 1. The van der Waals surface area contributed by atoms with E-state index in [4.69, 9.17) is 0 Å². The van der Waals surface area contributed by atoms with E-state index >= 15 is 0 Å². The lowest BCUT2D eigenvalue weighted by Crippen LogP contribution is -2.50. The smallest absolute Gasteiger partial charge is 0.337 e. The van der Waals surface area contributed by atoms with Gasteiger partial charge in [-0.05, 0) is 36.4 Å². The Morgan fingerprint density at radius 1 is 1.00 bits per heavy atom. The summed E-state index contributed by atoms with van der Waals surface area (Å²) in [6.45, 7) is 0.934. The Morgan fingerprint density at radius 3 is 2.37 bits per heavy atom. The number of rotatable bonds is 4. The van der Waals surface area contributed by atoms with E-state index in [2.05, 4.69) is 9.84 Å². The van der Waals surface area contributed by atoms with Crippen molar-refractivity contribution in [2.24, 2.45) is 0 Å². The summed E-state index contributed by atoms with van der Waals surface area (Å²) in [6.07, 6.45) is 3.30. The maximum absolute atomic E-state index is 12.9. The van der Waals surface area contributed by atoms with Crippen LogP contribution in [-0.4, -0.2) is 72.4 Å². The van der Waals surface area contributed by atoms with Crippen LogP contribution >= 0.6 is 0 Å². The van der Waals surface area contributed by atoms with Gasteiger partial charge in [-0.2, -0.15) is 9.40 Å². The summed E-state index contributed by atoms with van der Waals surface area (Å²) in [6, 6.07) is 11.1. The van der Waals surface area contributed by atoms with Gasteiger partial charge in [0.25, 0.3) is 5.91 Å². The second kappa shape index (κ2) is 7.88. The Balaban J connectivity index is 1.46. The van der Waals surface area contributed by atoms with Gasteiger partial charge in [-0.3, -0.25) is 4.79 Å². The predicted octanol–water partition coefficient (Wildman–Crippen LogP) is 1.27. The number of carbonyl (C=O) groups is 2. The number of hydrogen-bond acceptors (Lipinski definition) is 6. The number of benzene rings is 1. The molecule has 0 aliphatic carbocycles. The van der Waals surface area contributed by atoms with Gasteiger partial charge in [-0.15, -0.1) is 0 Å². The first-order valence-electron chi connectivity index (χ1n) is 9.32. The zero-order valence-electron chi connectivity index (χ0n) is 16.3. The molecule has 0 spiro atoms. The third-order valence-corrected chi connectivity index (χ3v) is 7.01. The van der Waals surface area contributed by atoms with Crippen LogP contribution in [0.15, 0.2) is 59.8 Å². The van der Waals surface area contributed by atoms with E-state index in [0.29, 0.717) is 11.1 Å². The highest BCUT2D eigenvalue weighted by Gasteiger charge is 2.31. The van der Waals surface area contributed by atoms with Gasteiger partial charge in [0.2, 0.25) is 10.0 Å². The maximum Gasteiger partial charge on any atom is 0.337 e. The number of pyridine rings is 1. The zero-order chi connectivity index (χ0) is 21.3. The van der Waals surface area contributed by atoms with E-state index < -0.39 is 16.0 Å². The summed E-state index contributed by atoms with van der Waals surface area (Å²) < 4.78 is 33.4. The van der Waals surface area contributed by atoms with Crippen molar-refractivity contribution in [2.45, 2.75) is 4.90 Å². The van der Waals surface area contributed by atoms with Crippen molar-refractivity contribution in [3.05, 3.63) is 66.0 Å². The van der Waals surface area contributed by atoms with Crippen molar-refractivity contribution < 1.29 is 22.7 Å². The standard InChI is InChI=1S/C20H20N4O5S/c1-29-20(26)15-5-7-16(8-6-15)30(27,28)23-12-10-22(11-13-23)19(25)17-14-21-24-9-3-2-4-18(17)24/h2-9,14H,10-13H2,1H3. The first-order chi connectivity index (χ1) is 14.4. The fourth-order valence-corrected chi connectivity index (χ4v) is 4.85. The molecule has 1 aliphatic rings. The molecule has 1 aromatic carbocycles. The number of hydrogen-bond donors (Lipinski definition) is 0. The minimum absolute atomic E-state index is 0.0950. The number of fused-ring (bicyclic) bond motifs is 1. The van der Waals surface area contributed by atoms with Gasteiger partial charge >= 0.3 is 5.97 Å². The molecule has 1 aliphatic heterocycles. The molecule has 1 saturated heterocycles. The lowest BCUT2D eigenvalue weighted by molar-refractivity contribution is 0.0600. The van der Waals surface area contributed by atoms with E-state index in [1.54, 1.807) is 15.6 Å². The summed E-state index contributed by atoms with van der Waals surface area (Å²) in [5, 5.41) is 4.18. The highest BCUT2D eigenvalue weighted by Crippen LogP contribution is 2.20. The molecule has 30 heavy (non-hydrogen) atoms. The lowest BCUT2D eigenvalue weighted by Gasteiger charge is -2.33. The van der Waals surface area contributed by atoms with Crippen LogP contribution in [0.3, 0.4) is 0 Å². The molecule has 9 nitrogen and oxygen atoms in total. The molecule has 0 atom stereocenters. The monoisotopic (exact) mass is 428 g/mol. The van der Waals surface area contributed by atoms with E-state index in [9.17, 15) is 18.0 Å².